The molecule has 0 radical (unpaired) electrons. The van der Waals surface area contributed by atoms with Gasteiger partial charge in [-0.1, -0.05) is 0 Å². The molecular weight excluding hydrogens is 256 g/mol. The van der Waals surface area contributed by atoms with Crippen LogP contribution in [0.4, 0.5) is 0 Å². The highest BCUT2D eigenvalue weighted by molar-refractivity contribution is 7.89. The van der Waals surface area contributed by atoms with Gasteiger partial charge in [0.15, 0.2) is 11.4 Å². The normalized spacial score (nSPS) is 11.7. The Morgan fingerprint density at radius 1 is 1.28 bits per heavy atom. The first-order chi connectivity index (χ1) is 8.49. The molecule has 2 heterocycles. The van der Waals surface area contributed by atoms with Crippen LogP contribution in [0.2, 0.25) is 0 Å². The van der Waals surface area contributed by atoms with E-state index in [1.807, 2.05) is 0 Å². The summed E-state index contributed by atoms with van der Waals surface area (Å²) in [4.78, 5) is 3.87. The van der Waals surface area contributed by atoms with Crippen LogP contribution in [0.5, 0.6) is 0 Å². The molecule has 0 aliphatic heterocycles. The lowest BCUT2D eigenvalue weighted by Crippen LogP contribution is -2.24. The summed E-state index contributed by atoms with van der Waals surface area (Å²) in [6.07, 6.45) is 1.27. The molecule has 2 aromatic rings. The lowest BCUT2D eigenvalue weighted by atomic mass is 10.4. The molecule has 8 heteroatoms. The van der Waals surface area contributed by atoms with Crippen molar-refractivity contribution in [2.75, 3.05) is 0 Å². The molecule has 0 saturated carbocycles. The largest absolute Gasteiger partial charge is 0.447 e. The number of aromatic nitrogens is 3. The summed E-state index contributed by atoms with van der Waals surface area (Å²) in [6, 6.07) is 2.99. The fraction of sp³-hybridized carbons (Fsp3) is 0.300. The van der Waals surface area contributed by atoms with E-state index in [0.717, 1.165) is 0 Å². The van der Waals surface area contributed by atoms with Gasteiger partial charge in [-0.05, 0) is 26.0 Å². The predicted octanol–water partition coefficient (Wildman–Crippen LogP) is 0.560. The number of hydrogen-bond acceptors (Lipinski definition) is 6. The van der Waals surface area contributed by atoms with E-state index in [9.17, 15) is 8.42 Å². The van der Waals surface area contributed by atoms with Gasteiger partial charge in [-0.2, -0.15) is 5.10 Å². The number of aryl methyl sites for hydroxylation is 2. The Balaban J connectivity index is 2.13. The number of sulfonamides is 1. The quantitative estimate of drug-likeness (QED) is 0.870. The summed E-state index contributed by atoms with van der Waals surface area (Å²) in [7, 11) is -3.68. The van der Waals surface area contributed by atoms with Crippen LogP contribution in [0, 0.1) is 13.8 Å². The van der Waals surface area contributed by atoms with Crippen molar-refractivity contribution in [1.82, 2.24) is 19.9 Å². The fourth-order valence-corrected chi connectivity index (χ4v) is 2.12. The Morgan fingerprint density at radius 3 is 2.61 bits per heavy atom. The Hall–Kier alpha value is -1.80. The molecule has 96 valence electrons. The SMILES string of the molecule is Cc1ccc(S(=O)(=O)NCc2ocnc2C)nn1. The van der Waals surface area contributed by atoms with Gasteiger partial charge in [0.25, 0.3) is 10.0 Å². The summed E-state index contributed by atoms with van der Waals surface area (Å²) in [5.41, 5.74) is 1.30. The van der Waals surface area contributed by atoms with E-state index in [4.69, 9.17) is 4.42 Å². The number of oxazole rings is 1. The Labute approximate surface area is 104 Å². The maximum Gasteiger partial charge on any atom is 0.260 e. The molecular formula is C10H12N4O3S. The molecule has 1 N–H and O–H groups in total. The second-order valence-electron chi connectivity index (χ2n) is 3.70. The summed E-state index contributed by atoms with van der Waals surface area (Å²) >= 11 is 0. The zero-order valence-corrected chi connectivity index (χ0v) is 10.7. The maximum atomic E-state index is 11.9. The third-order valence-electron chi connectivity index (χ3n) is 2.32. The number of nitrogens with zero attached hydrogens (tertiary/aromatic N) is 3. The van der Waals surface area contributed by atoms with Crippen molar-refractivity contribution < 1.29 is 12.8 Å². The third-order valence-corrected chi connectivity index (χ3v) is 3.61. The first kappa shape index (κ1) is 12.7. The van der Waals surface area contributed by atoms with E-state index in [1.165, 1.54) is 12.5 Å². The number of nitrogens with one attached hydrogen (secondary N) is 1. The lowest BCUT2D eigenvalue weighted by Gasteiger charge is -2.04. The van der Waals surface area contributed by atoms with Crippen molar-refractivity contribution in [3.63, 3.8) is 0 Å². The molecule has 0 saturated heterocycles. The smallest absolute Gasteiger partial charge is 0.260 e. The van der Waals surface area contributed by atoms with Crippen LogP contribution < -0.4 is 4.72 Å². The minimum absolute atomic E-state index is 0.0315. The first-order valence-electron chi connectivity index (χ1n) is 5.18. The topological polar surface area (TPSA) is 98.0 Å². The van der Waals surface area contributed by atoms with Gasteiger partial charge >= 0.3 is 0 Å². The molecule has 0 unspecified atom stereocenters. The van der Waals surface area contributed by atoms with Crippen molar-refractivity contribution in [3.05, 3.63) is 35.7 Å². The number of rotatable bonds is 4. The molecule has 18 heavy (non-hydrogen) atoms. The Morgan fingerprint density at radius 2 is 2.06 bits per heavy atom. The van der Waals surface area contributed by atoms with Gasteiger partial charge in [-0.3, -0.25) is 0 Å². The van der Waals surface area contributed by atoms with Crippen LogP contribution in [0.15, 0.2) is 28.0 Å². The van der Waals surface area contributed by atoms with Crippen LogP contribution in [0.1, 0.15) is 17.1 Å². The van der Waals surface area contributed by atoms with Crippen molar-refractivity contribution in [2.45, 2.75) is 25.4 Å². The average molecular weight is 268 g/mol. The van der Waals surface area contributed by atoms with Gasteiger partial charge in [-0.15, -0.1) is 5.10 Å². The Kier molecular flexibility index (Phi) is 3.39. The van der Waals surface area contributed by atoms with Crippen molar-refractivity contribution in [2.24, 2.45) is 0 Å². The van der Waals surface area contributed by atoms with Crippen LogP contribution in [-0.4, -0.2) is 23.6 Å². The fourth-order valence-electron chi connectivity index (χ4n) is 1.26. The molecule has 2 rings (SSSR count). The molecule has 7 nitrogen and oxygen atoms in total. The second kappa shape index (κ2) is 4.83. The van der Waals surface area contributed by atoms with Crippen LogP contribution in [-0.2, 0) is 16.6 Å². The zero-order chi connectivity index (χ0) is 13.2. The second-order valence-corrected chi connectivity index (χ2v) is 5.41. The minimum atomic E-state index is -3.68. The monoisotopic (exact) mass is 268 g/mol. The van der Waals surface area contributed by atoms with Crippen molar-refractivity contribution in [3.8, 4) is 0 Å². The van der Waals surface area contributed by atoms with E-state index in [-0.39, 0.29) is 11.6 Å². The summed E-state index contributed by atoms with van der Waals surface area (Å²) in [6.45, 7) is 3.50. The van der Waals surface area contributed by atoms with Crippen molar-refractivity contribution in [1.29, 1.82) is 0 Å². The molecule has 0 spiro atoms. The molecule has 0 aromatic carbocycles. The highest BCUT2D eigenvalue weighted by atomic mass is 32.2. The predicted molar refractivity (Wildman–Crippen MR) is 62.0 cm³/mol. The molecule has 0 aliphatic rings. The van der Waals surface area contributed by atoms with E-state index >= 15 is 0 Å². The Bertz CT molecular complexity index is 633. The maximum absolute atomic E-state index is 11.9. The highest BCUT2D eigenvalue weighted by Crippen LogP contribution is 2.08. The molecule has 0 amide bonds. The van der Waals surface area contributed by atoms with Crippen LogP contribution >= 0.6 is 0 Å². The van der Waals surface area contributed by atoms with Gasteiger partial charge in [0.05, 0.1) is 17.9 Å². The molecule has 0 fully saturated rings. The van der Waals surface area contributed by atoms with E-state index in [2.05, 4.69) is 19.9 Å². The van der Waals surface area contributed by atoms with Gasteiger partial charge in [0.1, 0.15) is 5.76 Å². The minimum Gasteiger partial charge on any atom is -0.447 e. The first-order valence-corrected chi connectivity index (χ1v) is 6.66. The standard InChI is InChI=1S/C10H12N4O3S/c1-7-3-4-10(14-13-7)18(15,16)12-5-9-8(2)11-6-17-9/h3-4,6,12H,5H2,1-2H3. The third kappa shape index (κ3) is 2.71. The van der Waals surface area contributed by atoms with Gasteiger partial charge in [-0.25, -0.2) is 18.1 Å². The molecule has 2 aromatic heterocycles. The average Bonchev–Trinajstić information content (AvgIpc) is 2.73. The van der Waals surface area contributed by atoms with E-state index in [1.54, 1.807) is 19.9 Å². The molecule has 0 aliphatic carbocycles. The molecule has 0 atom stereocenters. The van der Waals surface area contributed by atoms with Crippen LogP contribution in [0.25, 0.3) is 0 Å². The summed E-state index contributed by atoms with van der Waals surface area (Å²) < 4.78 is 31.2. The highest BCUT2D eigenvalue weighted by Gasteiger charge is 2.17. The van der Waals surface area contributed by atoms with Crippen LogP contribution in [0.3, 0.4) is 0 Å². The van der Waals surface area contributed by atoms with Gasteiger partial charge < -0.3 is 4.42 Å². The van der Waals surface area contributed by atoms with E-state index in [0.29, 0.717) is 17.1 Å². The summed E-state index contributed by atoms with van der Waals surface area (Å²) in [5, 5.41) is 7.21. The number of hydrogen-bond donors (Lipinski definition) is 1. The molecule has 0 bridgehead atoms. The van der Waals surface area contributed by atoms with Gasteiger partial charge in [0, 0.05) is 0 Å². The van der Waals surface area contributed by atoms with Gasteiger partial charge in [0.2, 0.25) is 0 Å². The lowest BCUT2D eigenvalue weighted by molar-refractivity contribution is 0.491. The summed E-state index contributed by atoms with van der Waals surface area (Å²) in [5.74, 6) is 0.471. The van der Waals surface area contributed by atoms with E-state index < -0.39 is 10.0 Å². The van der Waals surface area contributed by atoms with Crippen molar-refractivity contribution >= 4 is 10.0 Å². The zero-order valence-electron chi connectivity index (χ0n) is 9.91.